The molecule has 0 radical (unpaired) electrons. The summed E-state index contributed by atoms with van der Waals surface area (Å²) in [6.07, 6.45) is 10.7. The minimum absolute atomic E-state index is 0.180. The maximum Gasteiger partial charge on any atom is 0.263 e. The molecule has 0 unspecified atom stereocenters. The van der Waals surface area contributed by atoms with Crippen LogP contribution < -0.4 is 18.9 Å². The molecule has 14 nitrogen and oxygen atoms in total. The molecule has 4 aliphatic heterocycles. The van der Waals surface area contributed by atoms with Crippen molar-refractivity contribution in [1.82, 2.24) is 28.5 Å². The Hall–Kier alpha value is -3.42. The van der Waals surface area contributed by atoms with Crippen LogP contribution in [0, 0.1) is 5.92 Å². The van der Waals surface area contributed by atoms with Crippen molar-refractivity contribution in [2.24, 2.45) is 5.92 Å². The van der Waals surface area contributed by atoms with Crippen molar-refractivity contribution in [3.63, 3.8) is 0 Å². The van der Waals surface area contributed by atoms with Crippen molar-refractivity contribution in [1.29, 1.82) is 0 Å². The molecule has 0 aliphatic carbocycles. The first-order chi connectivity index (χ1) is 24.7. The molecule has 0 amide bonds. The van der Waals surface area contributed by atoms with Gasteiger partial charge < -0.3 is 9.47 Å². The predicted molar refractivity (Wildman–Crippen MR) is 195 cm³/mol. The van der Waals surface area contributed by atoms with Crippen LogP contribution in [-0.4, -0.2) is 84.7 Å². The van der Waals surface area contributed by atoms with Crippen molar-refractivity contribution >= 4 is 53.4 Å². The van der Waals surface area contributed by atoms with E-state index in [2.05, 4.69) is 44.9 Å². The monoisotopic (exact) mass is 774 g/mol. The molecule has 2 fully saturated rings. The van der Waals surface area contributed by atoms with Crippen LogP contribution in [0.2, 0.25) is 0 Å². The highest BCUT2D eigenvalue weighted by Crippen LogP contribution is 2.40. The standard InChI is InChI=1S/C17H22N4O3S2.C16H20N4O3S2/c1-12-4-7-21(8-5-12)15-6-9-24-16-10-13(2-3-14(15)16)26(22,23)20-17-18-11-19-25-17;21-25(22,19-16-17-11-18-24-16)12-4-5-13-14(6-9-23-15(13)10-12)20-7-2-1-3-8-20/h2-3,10-12,15H,4-9H2,1H3,(H,18,19,20);4-5,10-11,14H,1-3,6-9H2,(H,17,18,19)/t15-;14-/m00/s1. The van der Waals surface area contributed by atoms with Gasteiger partial charge >= 0.3 is 0 Å². The van der Waals surface area contributed by atoms with Gasteiger partial charge in [0.1, 0.15) is 24.2 Å². The largest absolute Gasteiger partial charge is 0.493 e. The molecular weight excluding hydrogens is 733 g/mol. The fourth-order valence-corrected chi connectivity index (χ4v) is 10.5. The third kappa shape index (κ3) is 8.46. The van der Waals surface area contributed by atoms with Crippen LogP contribution >= 0.6 is 23.1 Å². The molecule has 0 spiro atoms. The molecule has 4 aromatic rings. The van der Waals surface area contributed by atoms with E-state index in [-0.39, 0.29) is 20.1 Å². The lowest BCUT2D eigenvalue weighted by atomic mass is 9.93. The summed E-state index contributed by atoms with van der Waals surface area (Å²) in [4.78, 5) is 13.1. The summed E-state index contributed by atoms with van der Waals surface area (Å²) < 4.78 is 74.3. The summed E-state index contributed by atoms with van der Waals surface area (Å²) in [5.41, 5.74) is 2.17. The molecule has 18 heteroatoms. The number of rotatable bonds is 8. The molecule has 2 aromatic heterocycles. The van der Waals surface area contributed by atoms with Crippen molar-refractivity contribution in [3.8, 4) is 11.5 Å². The molecular formula is C33H42N8O6S4. The summed E-state index contributed by atoms with van der Waals surface area (Å²) in [5.74, 6) is 2.12. The molecule has 2 N–H and O–H groups in total. The number of hydrogen-bond donors (Lipinski definition) is 2. The van der Waals surface area contributed by atoms with E-state index in [0.29, 0.717) is 36.8 Å². The Morgan fingerprint density at radius 2 is 1.14 bits per heavy atom. The molecule has 2 aromatic carbocycles. The number of nitrogens with one attached hydrogen (secondary N) is 2. The Kier molecular flexibility index (Phi) is 11.1. The molecule has 274 valence electrons. The number of anilines is 2. The SMILES string of the molecule is CC1CCN([C@H]2CCOc3cc(S(=O)(=O)Nc4ncns4)ccc32)CC1.O=S(=O)(Nc1ncns1)c1ccc2c(c1)OCC[C@@H]2N1CCCCC1. The average Bonchev–Trinajstić information content (AvgIpc) is 3.86. The zero-order valence-electron chi connectivity index (χ0n) is 28.3. The second-order valence-electron chi connectivity index (χ2n) is 13.2. The highest BCUT2D eigenvalue weighted by molar-refractivity contribution is 7.93. The molecule has 2 saturated heterocycles. The summed E-state index contributed by atoms with van der Waals surface area (Å²) in [6, 6.07) is 10.9. The first-order valence-electron chi connectivity index (χ1n) is 17.3. The van der Waals surface area contributed by atoms with Gasteiger partial charge in [-0.2, -0.15) is 8.75 Å². The van der Waals surface area contributed by atoms with Crippen molar-refractivity contribution in [2.45, 2.75) is 73.7 Å². The lowest BCUT2D eigenvalue weighted by Crippen LogP contribution is -2.38. The van der Waals surface area contributed by atoms with Gasteiger partial charge in [0.2, 0.25) is 10.3 Å². The smallest absolute Gasteiger partial charge is 0.263 e. The van der Waals surface area contributed by atoms with Crippen LogP contribution in [0.25, 0.3) is 0 Å². The van der Waals surface area contributed by atoms with Gasteiger partial charge in [-0.15, -0.1) is 0 Å². The predicted octanol–water partition coefficient (Wildman–Crippen LogP) is 5.54. The van der Waals surface area contributed by atoms with Gasteiger partial charge in [0.05, 0.1) is 23.0 Å². The maximum absolute atomic E-state index is 12.6. The van der Waals surface area contributed by atoms with E-state index in [1.807, 2.05) is 12.1 Å². The highest BCUT2D eigenvalue weighted by Gasteiger charge is 2.32. The Labute approximate surface area is 307 Å². The molecule has 2 atom stereocenters. The number of aromatic nitrogens is 4. The molecule has 4 aliphatic rings. The Balaban J connectivity index is 0.000000159. The van der Waals surface area contributed by atoms with Crippen LogP contribution in [0.15, 0.2) is 58.8 Å². The topological polar surface area (TPSA) is 169 Å². The minimum Gasteiger partial charge on any atom is -0.493 e. The van der Waals surface area contributed by atoms with E-state index in [9.17, 15) is 16.8 Å². The minimum atomic E-state index is -3.70. The van der Waals surface area contributed by atoms with E-state index in [4.69, 9.17) is 9.47 Å². The fraction of sp³-hybridized carbons (Fsp3) is 0.515. The summed E-state index contributed by atoms with van der Waals surface area (Å²) in [7, 11) is -7.40. The second kappa shape index (κ2) is 15.7. The van der Waals surface area contributed by atoms with Gasteiger partial charge in [-0.25, -0.2) is 26.8 Å². The number of hydrogen-bond acceptors (Lipinski definition) is 14. The van der Waals surface area contributed by atoms with Crippen LogP contribution in [0.5, 0.6) is 11.5 Å². The molecule has 6 heterocycles. The van der Waals surface area contributed by atoms with E-state index in [1.165, 1.54) is 44.8 Å². The van der Waals surface area contributed by atoms with Crippen LogP contribution in [-0.2, 0) is 20.0 Å². The van der Waals surface area contributed by atoms with Gasteiger partial charge in [0.15, 0.2) is 0 Å². The number of nitrogens with zero attached hydrogens (tertiary/aromatic N) is 6. The fourth-order valence-electron chi connectivity index (χ4n) is 7.15. The third-order valence-electron chi connectivity index (χ3n) is 9.86. The summed E-state index contributed by atoms with van der Waals surface area (Å²) >= 11 is 2.01. The quantitative estimate of drug-likeness (QED) is 0.230. The normalized spacial score (nSPS) is 21.6. The maximum atomic E-state index is 12.6. The van der Waals surface area contributed by atoms with Crippen LogP contribution in [0.3, 0.4) is 0 Å². The van der Waals surface area contributed by atoms with Gasteiger partial charge in [-0.1, -0.05) is 25.5 Å². The molecule has 51 heavy (non-hydrogen) atoms. The third-order valence-corrected chi connectivity index (χ3v) is 14.0. The van der Waals surface area contributed by atoms with Gasteiger partial charge in [-0.3, -0.25) is 19.2 Å². The van der Waals surface area contributed by atoms with E-state index in [0.717, 1.165) is 79.1 Å². The van der Waals surface area contributed by atoms with Crippen molar-refractivity contribution in [2.75, 3.05) is 48.8 Å². The van der Waals surface area contributed by atoms with E-state index >= 15 is 0 Å². The number of fused-ring (bicyclic) bond motifs is 2. The Morgan fingerprint density at radius 3 is 1.59 bits per heavy atom. The summed E-state index contributed by atoms with van der Waals surface area (Å²) in [6.45, 7) is 7.90. The lowest BCUT2D eigenvalue weighted by molar-refractivity contribution is 0.103. The first-order valence-corrected chi connectivity index (χ1v) is 21.8. The Morgan fingerprint density at radius 1 is 0.667 bits per heavy atom. The van der Waals surface area contributed by atoms with Gasteiger partial charge in [0.25, 0.3) is 20.0 Å². The number of piperidine rings is 2. The Bertz CT molecular complexity index is 1980. The molecule has 8 rings (SSSR count). The summed E-state index contributed by atoms with van der Waals surface area (Å²) in [5, 5.41) is 0.508. The molecule has 0 saturated carbocycles. The van der Waals surface area contributed by atoms with Gasteiger partial charge in [-0.05, 0) is 69.9 Å². The zero-order chi connectivity index (χ0) is 35.4. The van der Waals surface area contributed by atoms with Gasteiger partial charge in [0, 0.05) is 71.2 Å². The van der Waals surface area contributed by atoms with Crippen molar-refractivity contribution < 1.29 is 26.3 Å². The van der Waals surface area contributed by atoms with Crippen LogP contribution in [0.4, 0.5) is 10.3 Å². The van der Waals surface area contributed by atoms with E-state index < -0.39 is 20.0 Å². The number of ether oxygens (including phenoxy) is 2. The lowest BCUT2D eigenvalue weighted by Gasteiger charge is -2.39. The van der Waals surface area contributed by atoms with Crippen molar-refractivity contribution in [3.05, 3.63) is 60.2 Å². The first kappa shape index (κ1) is 36.0. The van der Waals surface area contributed by atoms with Crippen LogP contribution in [0.1, 0.15) is 75.1 Å². The zero-order valence-corrected chi connectivity index (χ0v) is 31.6. The average molecular weight is 775 g/mol. The second-order valence-corrected chi connectivity index (χ2v) is 18.1. The number of sulfonamides is 2. The van der Waals surface area contributed by atoms with E-state index in [1.54, 1.807) is 24.3 Å². The number of likely N-dealkylation sites (tertiary alicyclic amines) is 2. The highest BCUT2D eigenvalue weighted by atomic mass is 32.2. The molecule has 0 bridgehead atoms. The number of benzene rings is 2.